The van der Waals surface area contributed by atoms with Crippen molar-refractivity contribution < 1.29 is 9.53 Å². The lowest BCUT2D eigenvalue weighted by Crippen LogP contribution is -2.53. The second kappa shape index (κ2) is 6.41. The van der Waals surface area contributed by atoms with Crippen molar-refractivity contribution in [3.05, 3.63) is 35.9 Å². The monoisotopic (exact) mass is 301 g/mol. The molecule has 1 aromatic carbocycles. The minimum absolute atomic E-state index is 0.156. The Morgan fingerprint density at radius 3 is 2.36 bits per heavy atom. The zero-order valence-corrected chi connectivity index (χ0v) is 13.8. The zero-order chi connectivity index (χ0) is 15.6. The first-order valence-electron chi connectivity index (χ1n) is 8.60. The normalized spacial score (nSPS) is 26.0. The number of rotatable bonds is 4. The van der Waals surface area contributed by atoms with Gasteiger partial charge in [0.2, 0.25) is 0 Å². The summed E-state index contributed by atoms with van der Waals surface area (Å²) in [4.78, 5) is 14.4. The number of hydrogen-bond donors (Lipinski definition) is 0. The lowest BCUT2D eigenvalue weighted by molar-refractivity contribution is -0.176. The molecule has 2 aliphatic rings. The van der Waals surface area contributed by atoms with Crippen molar-refractivity contribution in [2.24, 2.45) is 5.92 Å². The fraction of sp³-hybridized carbons (Fsp3) is 0.632. The third kappa shape index (κ3) is 2.67. The predicted molar refractivity (Wildman–Crippen MR) is 87.5 cm³/mol. The Kier molecular flexibility index (Phi) is 4.53. The Labute approximate surface area is 133 Å². The van der Waals surface area contributed by atoms with Crippen LogP contribution >= 0.6 is 0 Å². The molecule has 1 aliphatic heterocycles. The lowest BCUT2D eigenvalue weighted by Gasteiger charge is -2.45. The molecule has 1 saturated carbocycles. The van der Waals surface area contributed by atoms with E-state index >= 15 is 0 Å². The third-order valence-electron chi connectivity index (χ3n) is 5.51. The molecule has 1 heterocycles. The molecule has 0 spiro atoms. The summed E-state index contributed by atoms with van der Waals surface area (Å²) in [5.74, 6) is 0.278. The highest BCUT2D eigenvalue weighted by molar-refractivity contribution is 5.67. The maximum atomic E-state index is 12.0. The molecule has 3 heteroatoms. The quantitative estimate of drug-likeness (QED) is 0.794. The Balaban J connectivity index is 2.10. The van der Waals surface area contributed by atoms with E-state index in [1.54, 1.807) is 6.92 Å². The van der Waals surface area contributed by atoms with Gasteiger partial charge in [0, 0.05) is 12.8 Å². The second-order valence-electron chi connectivity index (χ2n) is 6.87. The van der Waals surface area contributed by atoms with Gasteiger partial charge in [-0.15, -0.1) is 0 Å². The van der Waals surface area contributed by atoms with Gasteiger partial charge in [-0.25, -0.2) is 0 Å². The van der Waals surface area contributed by atoms with Crippen molar-refractivity contribution in [1.82, 2.24) is 4.90 Å². The van der Waals surface area contributed by atoms with Gasteiger partial charge in [-0.2, -0.15) is 0 Å². The van der Waals surface area contributed by atoms with Gasteiger partial charge < -0.3 is 4.74 Å². The molecule has 0 N–H and O–H groups in total. The SMILES string of the molecule is CC(=O)OC(c1ccccc1)(C1CCCC1)C1CCCN1C. The van der Waals surface area contributed by atoms with Crippen LogP contribution in [0.1, 0.15) is 51.0 Å². The van der Waals surface area contributed by atoms with E-state index in [2.05, 4.69) is 36.2 Å². The van der Waals surface area contributed by atoms with E-state index in [1.165, 1.54) is 24.8 Å². The molecule has 0 bridgehead atoms. The Hall–Kier alpha value is -1.35. The molecule has 0 amide bonds. The number of ether oxygens (including phenoxy) is 1. The first-order valence-corrected chi connectivity index (χ1v) is 8.60. The van der Waals surface area contributed by atoms with Gasteiger partial charge in [-0.05, 0) is 44.8 Å². The fourth-order valence-corrected chi connectivity index (χ4v) is 4.65. The first-order chi connectivity index (χ1) is 10.6. The van der Waals surface area contributed by atoms with Crippen molar-refractivity contribution in [2.45, 2.75) is 57.1 Å². The number of hydrogen-bond acceptors (Lipinski definition) is 3. The maximum Gasteiger partial charge on any atom is 0.303 e. The highest BCUT2D eigenvalue weighted by atomic mass is 16.6. The summed E-state index contributed by atoms with van der Waals surface area (Å²) in [6, 6.07) is 10.8. The van der Waals surface area contributed by atoms with Gasteiger partial charge in [-0.1, -0.05) is 43.2 Å². The number of benzene rings is 1. The van der Waals surface area contributed by atoms with Crippen LogP contribution in [-0.2, 0) is 15.1 Å². The predicted octanol–water partition coefficient (Wildman–Crippen LogP) is 3.73. The molecule has 2 fully saturated rings. The van der Waals surface area contributed by atoms with Crippen LogP contribution in [0.2, 0.25) is 0 Å². The average Bonchev–Trinajstić information content (AvgIpc) is 3.17. The first kappa shape index (κ1) is 15.5. The van der Waals surface area contributed by atoms with Crippen LogP contribution in [0.4, 0.5) is 0 Å². The molecule has 1 aliphatic carbocycles. The Bertz CT molecular complexity index is 509. The summed E-state index contributed by atoms with van der Waals surface area (Å²) in [5, 5.41) is 0. The van der Waals surface area contributed by atoms with Crippen LogP contribution < -0.4 is 0 Å². The molecule has 120 valence electrons. The number of likely N-dealkylation sites (N-methyl/N-ethyl adjacent to an activating group) is 1. The van der Waals surface area contributed by atoms with Crippen molar-refractivity contribution in [3.8, 4) is 0 Å². The van der Waals surface area contributed by atoms with Crippen molar-refractivity contribution in [3.63, 3.8) is 0 Å². The maximum absolute atomic E-state index is 12.0. The van der Waals surface area contributed by atoms with Crippen molar-refractivity contribution in [2.75, 3.05) is 13.6 Å². The second-order valence-corrected chi connectivity index (χ2v) is 6.87. The van der Waals surface area contributed by atoms with E-state index in [1.807, 2.05) is 6.07 Å². The van der Waals surface area contributed by atoms with E-state index < -0.39 is 5.60 Å². The van der Waals surface area contributed by atoms with Gasteiger partial charge in [0.05, 0.1) is 6.04 Å². The van der Waals surface area contributed by atoms with Gasteiger partial charge in [0.1, 0.15) is 0 Å². The smallest absolute Gasteiger partial charge is 0.303 e. The molecule has 0 radical (unpaired) electrons. The summed E-state index contributed by atoms with van der Waals surface area (Å²) in [7, 11) is 2.17. The number of carbonyl (C=O) groups is 1. The van der Waals surface area contributed by atoms with Gasteiger partial charge in [-0.3, -0.25) is 9.69 Å². The van der Waals surface area contributed by atoms with E-state index in [-0.39, 0.29) is 5.97 Å². The van der Waals surface area contributed by atoms with E-state index in [9.17, 15) is 4.79 Å². The van der Waals surface area contributed by atoms with Crippen LogP contribution in [0.3, 0.4) is 0 Å². The molecule has 22 heavy (non-hydrogen) atoms. The fourth-order valence-electron chi connectivity index (χ4n) is 4.65. The molecular formula is C19H27NO2. The summed E-state index contributed by atoms with van der Waals surface area (Å²) in [6.45, 7) is 2.65. The summed E-state index contributed by atoms with van der Waals surface area (Å²) >= 11 is 0. The average molecular weight is 301 g/mol. The molecule has 1 aromatic rings. The summed E-state index contributed by atoms with van der Waals surface area (Å²) in [5.41, 5.74) is 0.699. The lowest BCUT2D eigenvalue weighted by atomic mass is 9.73. The van der Waals surface area contributed by atoms with Crippen LogP contribution in [0, 0.1) is 5.92 Å². The van der Waals surface area contributed by atoms with Gasteiger partial charge in [0.25, 0.3) is 0 Å². The topological polar surface area (TPSA) is 29.5 Å². The van der Waals surface area contributed by atoms with E-state index in [4.69, 9.17) is 4.74 Å². The minimum atomic E-state index is -0.477. The van der Waals surface area contributed by atoms with Crippen LogP contribution in [0.5, 0.6) is 0 Å². The third-order valence-corrected chi connectivity index (χ3v) is 5.51. The van der Waals surface area contributed by atoms with Crippen LogP contribution in [0.25, 0.3) is 0 Å². The van der Waals surface area contributed by atoms with Crippen LogP contribution in [0.15, 0.2) is 30.3 Å². The number of esters is 1. The molecular weight excluding hydrogens is 274 g/mol. The molecule has 3 nitrogen and oxygen atoms in total. The molecule has 1 saturated heterocycles. The highest BCUT2D eigenvalue weighted by Crippen LogP contribution is 2.49. The molecule has 0 aromatic heterocycles. The highest BCUT2D eigenvalue weighted by Gasteiger charge is 2.52. The summed E-state index contributed by atoms with van der Waals surface area (Å²) in [6.07, 6.45) is 7.10. The standard InChI is InChI=1S/C19H27NO2/c1-15(21)22-19(17-11-6-7-12-17,16-9-4-3-5-10-16)18-13-8-14-20(18)2/h3-5,9-10,17-18H,6-8,11-14H2,1-2H3. The number of likely N-dealkylation sites (tertiary alicyclic amines) is 1. The van der Waals surface area contributed by atoms with Crippen molar-refractivity contribution >= 4 is 5.97 Å². The molecule has 3 rings (SSSR count). The number of carbonyl (C=O) groups excluding carboxylic acids is 1. The minimum Gasteiger partial charge on any atom is -0.452 e. The van der Waals surface area contributed by atoms with E-state index in [0.717, 1.165) is 25.8 Å². The van der Waals surface area contributed by atoms with Crippen LogP contribution in [-0.4, -0.2) is 30.5 Å². The Morgan fingerprint density at radius 2 is 1.82 bits per heavy atom. The molecule has 2 unspecified atom stereocenters. The summed E-state index contributed by atoms with van der Waals surface area (Å²) < 4.78 is 6.18. The molecule has 2 atom stereocenters. The van der Waals surface area contributed by atoms with Gasteiger partial charge in [0.15, 0.2) is 5.60 Å². The zero-order valence-electron chi connectivity index (χ0n) is 13.8. The Morgan fingerprint density at radius 1 is 1.14 bits per heavy atom. The van der Waals surface area contributed by atoms with Crippen molar-refractivity contribution in [1.29, 1.82) is 0 Å². The van der Waals surface area contributed by atoms with Gasteiger partial charge >= 0.3 is 5.97 Å². The number of nitrogens with zero attached hydrogens (tertiary/aromatic N) is 1. The van der Waals surface area contributed by atoms with E-state index in [0.29, 0.717) is 12.0 Å². The largest absolute Gasteiger partial charge is 0.452 e.